The summed E-state index contributed by atoms with van der Waals surface area (Å²) in [5.41, 5.74) is 2.18. The maximum atomic E-state index is 12.6. The van der Waals surface area contributed by atoms with E-state index in [1.54, 1.807) is 53.4 Å². The van der Waals surface area contributed by atoms with Crippen LogP contribution in [0.3, 0.4) is 0 Å². The Hall–Kier alpha value is -3.82. The van der Waals surface area contributed by atoms with Crippen LogP contribution in [-0.4, -0.2) is 29.2 Å². The summed E-state index contributed by atoms with van der Waals surface area (Å²) in [6, 6.07) is 25.2. The van der Waals surface area contributed by atoms with Crippen LogP contribution in [0.1, 0.15) is 11.1 Å². The average Bonchev–Trinajstić information content (AvgIpc) is 2.76. The van der Waals surface area contributed by atoms with Crippen LogP contribution in [0, 0.1) is 11.3 Å². The lowest BCUT2D eigenvalue weighted by Gasteiger charge is -2.22. The van der Waals surface area contributed by atoms with E-state index < -0.39 is 0 Å². The van der Waals surface area contributed by atoms with Gasteiger partial charge in [0.05, 0.1) is 18.2 Å². The van der Waals surface area contributed by atoms with Crippen LogP contribution >= 0.6 is 0 Å². The largest absolute Gasteiger partial charge is 0.457 e. The molecule has 0 aliphatic heterocycles. The molecule has 146 valence electrons. The fourth-order valence-corrected chi connectivity index (χ4v) is 2.72. The van der Waals surface area contributed by atoms with Gasteiger partial charge in [0, 0.05) is 18.8 Å². The Labute approximate surface area is 169 Å². The van der Waals surface area contributed by atoms with E-state index >= 15 is 0 Å². The second-order valence-corrected chi connectivity index (χ2v) is 6.32. The summed E-state index contributed by atoms with van der Waals surface area (Å²) < 4.78 is 5.74. The molecule has 0 atom stereocenters. The molecule has 0 heterocycles. The van der Waals surface area contributed by atoms with E-state index in [1.807, 2.05) is 30.3 Å². The van der Waals surface area contributed by atoms with Gasteiger partial charge >= 0.3 is 6.03 Å². The molecule has 0 spiro atoms. The summed E-state index contributed by atoms with van der Waals surface area (Å²) in [6.45, 7) is 0.533. The summed E-state index contributed by atoms with van der Waals surface area (Å²) in [7, 11) is 0. The van der Waals surface area contributed by atoms with Crippen LogP contribution in [-0.2, 0) is 6.54 Å². The summed E-state index contributed by atoms with van der Waals surface area (Å²) in [4.78, 5) is 14.1. The molecule has 3 aromatic rings. The zero-order valence-corrected chi connectivity index (χ0v) is 15.8. The Morgan fingerprint density at radius 3 is 2.17 bits per heavy atom. The molecule has 3 rings (SSSR count). The van der Waals surface area contributed by atoms with Gasteiger partial charge in [-0.3, -0.25) is 0 Å². The first-order valence-electron chi connectivity index (χ1n) is 9.17. The molecule has 6 nitrogen and oxygen atoms in total. The average molecular weight is 387 g/mol. The van der Waals surface area contributed by atoms with Crippen molar-refractivity contribution in [2.45, 2.75) is 6.54 Å². The lowest BCUT2D eigenvalue weighted by atomic mass is 10.2. The Balaban J connectivity index is 1.61. The van der Waals surface area contributed by atoms with Crippen molar-refractivity contribution in [1.29, 1.82) is 5.26 Å². The highest BCUT2D eigenvalue weighted by atomic mass is 16.5. The zero-order chi connectivity index (χ0) is 20.5. The second-order valence-electron chi connectivity index (χ2n) is 6.32. The Kier molecular flexibility index (Phi) is 6.82. The first-order chi connectivity index (χ1) is 14.2. The van der Waals surface area contributed by atoms with Gasteiger partial charge in [-0.2, -0.15) is 5.26 Å². The molecule has 2 N–H and O–H groups in total. The van der Waals surface area contributed by atoms with Gasteiger partial charge in [0.15, 0.2) is 0 Å². The number of nitrogens with one attached hydrogen (secondary N) is 1. The van der Waals surface area contributed by atoms with E-state index in [0.717, 1.165) is 5.56 Å². The predicted molar refractivity (Wildman–Crippen MR) is 111 cm³/mol. The molecule has 2 amide bonds. The number of benzene rings is 3. The maximum absolute atomic E-state index is 12.6. The summed E-state index contributed by atoms with van der Waals surface area (Å²) in [5.74, 6) is 1.24. The number of nitriles is 1. The molecule has 6 heteroatoms. The lowest BCUT2D eigenvalue weighted by molar-refractivity contribution is 0.185. The molecule has 0 unspecified atom stereocenters. The topological polar surface area (TPSA) is 85.6 Å². The van der Waals surface area contributed by atoms with Gasteiger partial charge in [0.1, 0.15) is 11.5 Å². The van der Waals surface area contributed by atoms with Crippen LogP contribution in [0.5, 0.6) is 11.5 Å². The number of ether oxygens (including phenoxy) is 1. The van der Waals surface area contributed by atoms with Crippen LogP contribution in [0.15, 0.2) is 78.9 Å². The Morgan fingerprint density at radius 2 is 1.59 bits per heavy atom. The van der Waals surface area contributed by atoms with Gasteiger partial charge in [-0.25, -0.2) is 4.79 Å². The fourth-order valence-electron chi connectivity index (χ4n) is 2.72. The number of hydrogen-bond donors (Lipinski definition) is 2. The number of urea groups is 1. The van der Waals surface area contributed by atoms with Gasteiger partial charge < -0.3 is 20.1 Å². The quantitative estimate of drug-likeness (QED) is 0.630. The maximum Gasteiger partial charge on any atom is 0.322 e. The first-order valence-corrected chi connectivity index (χ1v) is 9.17. The number of hydrogen-bond acceptors (Lipinski definition) is 4. The number of carbonyl (C=O) groups excluding carboxylic acids is 1. The lowest BCUT2D eigenvalue weighted by Crippen LogP contribution is -2.36. The number of nitrogens with zero attached hydrogens (tertiary/aromatic N) is 2. The number of aliphatic hydroxyl groups excluding tert-OH is 1. The monoisotopic (exact) mass is 387 g/mol. The third kappa shape index (κ3) is 5.83. The minimum atomic E-state index is -0.288. The summed E-state index contributed by atoms with van der Waals surface area (Å²) in [5, 5.41) is 21.0. The Morgan fingerprint density at radius 1 is 0.966 bits per heavy atom. The van der Waals surface area contributed by atoms with E-state index in [1.165, 1.54) is 0 Å². The highest BCUT2D eigenvalue weighted by Gasteiger charge is 2.13. The van der Waals surface area contributed by atoms with Crippen molar-refractivity contribution in [3.8, 4) is 17.6 Å². The number of rotatable bonds is 7. The molecule has 3 aromatic carbocycles. The molecule has 0 aromatic heterocycles. The standard InChI is InChI=1S/C23H21N3O3/c24-16-18-6-10-21(11-7-18)29-22-12-8-20(9-13-22)25-23(28)26(14-15-27)17-19-4-2-1-3-5-19/h1-13,27H,14-15,17H2,(H,25,28). The molecule has 0 saturated carbocycles. The molecule has 29 heavy (non-hydrogen) atoms. The molecule has 0 saturated heterocycles. The molecule has 0 aliphatic carbocycles. The van der Waals surface area contributed by atoms with Gasteiger partial charge in [0.2, 0.25) is 0 Å². The second kappa shape index (κ2) is 9.93. The van der Waals surface area contributed by atoms with Crippen LogP contribution in [0.4, 0.5) is 10.5 Å². The number of amides is 2. The Bertz CT molecular complexity index is 965. The minimum Gasteiger partial charge on any atom is -0.457 e. The molecule has 0 aliphatic rings. The van der Waals surface area contributed by atoms with Crippen molar-refractivity contribution in [3.63, 3.8) is 0 Å². The fraction of sp³-hybridized carbons (Fsp3) is 0.130. The van der Waals surface area contributed by atoms with E-state index in [0.29, 0.717) is 29.3 Å². The van der Waals surface area contributed by atoms with E-state index in [-0.39, 0.29) is 19.2 Å². The van der Waals surface area contributed by atoms with E-state index in [4.69, 9.17) is 10.00 Å². The van der Waals surface area contributed by atoms with Gasteiger partial charge in [-0.05, 0) is 54.1 Å². The van der Waals surface area contributed by atoms with Crippen LogP contribution < -0.4 is 10.1 Å². The minimum absolute atomic E-state index is 0.113. The first kappa shape index (κ1) is 19.9. The smallest absolute Gasteiger partial charge is 0.322 e. The third-order valence-electron chi connectivity index (χ3n) is 4.20. The highest BCUT2D eigenvalue weighted by Crippen LogP contribution is 2.23. The van der Waals surface area contributed by atoms with Crippen LogP contribution in [0.25, 0.3) is 0 Å². The highest BCUT2D eigenvalue weighted by molar-refractivity contribution is 5.89. The van der Waals surface area contributed by atoms with Crippen LogP contribution in [0.2, 0.25) is 0 Å². The molecular weight excluding hydrogens is 366 g/mol. The SMILES string of the molecule is N#Cc1ccc(Oc2ccc(NC(=O)N(CCO)Cc3ccccc3)cc2)cc1. The number of aliphatic hydroxyl groups is 1. The normalized spacial score (nSPS) is 10.1. The van der Waals surface area contributed by atoms with Crippen molar-refractivity contribution in [3.05, 3.63) is 90.0 Å². The number of carbonyl (C=O) groups is 1. The molecule has 0 radical (unpaired) electrons. The molecule has 0 fully saturated rings. The third-order valence-corrected chi connectivity index (χ3v) is 4.20. The zero-order valence-electron chi connectivity index (χ0n) is 15.8. The predicted octanol–water partition coefficient (Wildman–Crippen LogP) is 4.38. The van der Waals surface area contributed by atoms with Gasteiger partial charge in [0.25, 0.3) is 0 Å². The van der Waals surface area contributed by atoms with Crippen molar-refractivity contribution >= 4 is 11.7 Å². The van der Waals surface area contributed by atoms with E-state index in [2.05, 4.69) is 11.4 Å². The van der Waals surface area contributed by atoms with Crippen molar-refractivity contribution in [1.82, 2.24) is 4.90 Å². The van der Waals surface area contributed by atoms with Gasteiger partial charge in [-0.15, -0.1) is 0 Å². The van der Waals surface area contributed by atoms with Crippen molar-refractivity contribution in [2.24, 2.45) is 0 Å². The summed E-state index contributed by atoms with van der Waals surface area (Å²) in [6.07, 6.45) is 0. The van der Waals surface area contributed by atoms with E-state index in [9.17, 15) is 9.90 Å². The van der Waals surface area contributed by atoms with Crippen molar-refractivity contribution in [2.75, 3.05) is 18.5 Å². The van der Waals surface area contributed by atoms with Crippen molar-refractivity contribution < 1.29 is 14.6 Å². The summed E-state index contributed by atoms with van der Waals surface area (Å²) >= 11 is 0. The number of anilines is 1. The molecule has 0 bridgehead atoms. The molecular formula is C23H21N3O3. The van der Waals surface area contributed by atoms with Gasteiger partial charge in [-0.1, -0.05) is 30.3 Å².